The number of rotatable bonds is 7. The highest BCUT2D eigenvalue weighted by Crippen LogP contribution is 2.40. The van der Waals surface area contributed by atoms with Gasteiger partial charge >= 0.3 is 0 Å². The number of fused-ring (bicyclic) bond motifs is 1. The van der Waals surface area contributed by atoms with Gasteiger partial charge in [0.25, 0.3) is 5.91 Å². The summed E-state index contributed by atoms with van der Waals surface area (Å²) in [5.74, 6) is 1.60. The first kappa shape index (κ1) is 22.2. The zero-order chi connectivity index (χ0) is 22.5. The zero-order valence-corrected chi connectivity index (χ0v) is 18.9. The van der Waals surface area contributed by atoms with E-state index in [9.17, 15) is 9.59 Å². The van der Waals surface area contributed by atoms with Gasteiger partial charge in [0.2, 0.25) is 5.91 Å². The summed E-state index contributed by atoms with van der Waals surface area (Å²) in [5, 5.41) is 3.06. The van der Waals surface area contributed by atoms with Crippen molar-refractivity contribution in [3.8, 4) is 11.5 Å². The summed E-state index contributed by atoms with van der Waals surface area (Å²) >= 11 is 0. The second-order valence-corrected chi connectivity index (χ2v) is 8.58. The molecule has 2 amide bonds. The van der Waals surface area contributed by atoms with Gasteiger partial charge in [-0.1, -0.05) is 37.1 Å². The van der Waals surface area contributed by atoms with Gasteiger partial charge in [0.15, 0.2) is 11.5 Å². The van der Waals surface area contributed by atoms with Crippen LogP contribution >= 0.6 is 0 Å². The summed E-state index contributed by atoms with van der Waals surface area (Å²) < 4.78 is 11.0. The molecule has 1 N–H and O–H groups in total. The smallest absolute Gasteiger partial charge is 0.254 e. The summed E-state index contributed by atoms with van der Waals surface area (Å²) in [6.45, 7) is 2.86. The minimum atomic E-state index is -0.430. The van der Waals surface area contributed by atoms with Crippen LogP contribution in [0.1, 0.15) is 54.9 Å². The first-order valence-electron chi connectivity index (χ1n) is 11.6. The minimum Gasteiger partial charge on any atom is -0.493 e. The molecular weight excluding hydrogens is 404 g/mol. The Hall–Kier alpha value is -3.02. The standard InChI is InChI=1S/C26H32N2O4/c1-3-32-23-14-13-18(15-24(23)31-2)17-27-25(29)22-16-20-11-7-8-12-21(20)28(22)26(30)19-9-5-4-6-10-19/h4-6,9-10,13-15,20-22H,3,7-8,11-12,16-17H2,1-2H3,(H,27,29). The Morgan fingerprint density at radius 3 is 2.59 bits per heavy atom. The van der Waals surface area contributed by atoms with E-state index in [-0.39, 0.29) is 17.9 Å². The van der Waals surface area contributed by atoms with Crippen LogP contribution in [-0.4, -0.2) is 42.5 Å². The normalized spacial score (nSPS) is 22.2. The van der Waals surface area contributed by atoms with Crippen LogP contribution in [0.2, 0.25) is 0 Å². The largest absolute Gasteiger partial charge is 0.493 e. The molecule has 32 heavy (non-hydrogen) atoms. The van der Waals surface area contributed by atoms with Crippen LogP contribution in [-0.2, 0) is 11.3 Å². The number of nitrogens with zero attached hydrogens (tertiary/aromatic N) is 1. The van der Waals surface area contributed by atoms with Crippen molar-refractivity contribution in [2.24, 2.45) is 5.92 Å². The molecule has 6 nitrogen and oxygen atoms in total. The Morgan fingerprint density at radius 2 is 1.84 bits per heavy atom. The van der Waals surface area contributed by atoms with E-state index in [1.54, 1.807) is 7.11 Å². The van der Waals surface area contributed by atoms with Crippen molar-refractivity contribution in [1.82, 2.24) is 10.2 Å². The molecule has 2 fully saturated rings. The number of benzene rings is 2. The van der Waals surface area contributed by atoms with Crippen LogP contribution in [0.5, 0.6) is 11.5 Å². The Bertz CT molecular complexity index is 946. The summed E-state index contributed by atoms with van der Waals surface area (Å²) in [4.78, 5) is 28.5. The summed E-state index contributed by atoms with van der Waals surface area (Å²) in [6.07, 6.45) is 5.09. The van der Waals surface area contributed by atoms with Crippen molar-refractivity contribution in [3.05, 3.63) is 59.7 Å². The molecule has 0 bridgehead atoms. The lowest BCUT2D eigenvalue weighted by atomic mass is 9.84. The second kappa shape index (κ2) is 10.1. The lowest BCUT2D eigenvalue weighted by molar-refractivity contribution is -0.125. The molecule has 1 saturated carbocycles. The van der Waals surface area contributed by atoms with Gasteiger partial charge < -0.3 is 19.7 Å². The van der Waals surface area contributed by atoms with Gasteiger partial charge in [-0.2, -0.15) is 0 Å². The number of nitrogens with one attached hydrogen (secondary N) is 1. The number of carbonyl (C=O) groups excluding carboxylic acids is 2. The fourth-order valence-corrected chi connectivity index (χ4v) is 5.12. The predicted molar refractivity (Wildman–Crippen MR) is 123 cm³/mol. The van der Waals surface area contributed by atoms with Crippen LogP contribution in [0, 0.1) is 5.92 Å². The fraction of sp³-hybridized carbons (Fsp3) is 0.462. The molecule has 1 heterocycles. The molecule has 3 atom stereocenters. The van der Waals surface area contributed by atoms with Crippen molar-refractivity contribution < 1.29 is 19.1 Å². The SMILES string of the molecule is CCOc1ccc(CNC(=O)C2CC3CCCCC3N2C(=O)c2ccccc2)cc1OC. The molecule has 0 aromatic heterocycles. The van der Waals surface area contributed by atoms with E-state index in [2.05, 4.69) is 5.32 Å². The third kappa shape index (κ3) is 4.59. The molecule has 4 rings (SSSR count). The number of carbonyl (C=O) groups is 2. The molecule has 0 spiro atoms. The number of amides is 2. The van der Waals surface area contributed by atoms with Gasteiger partial charge in [-0.3, -0.25) is 9.59 Å². The zero-order valence-electron chi connectivity index (χ0n) is 18.9. The summed E-state index contributed by atoms with van der Waals surface area (Å²) in [5.41, 5.74) is 1.57. The van der Waals surface area contributed by atoms with E-state index in [1.165, 1.54) is 6.42 Å². The van der Waals surface area contributed by atoms with Crippen molar-refractivity contribution in [2.45, 2.75) is 57.7 Å². The lowest BCUT2D eigenvalue weighted by Gasteiger charge is -2.33. The molecule has 170 valence electrons. The maximum atomic E-state index is 13.4. The van der Waals surface area contributed by atoms with Gasteiger partial charge in [0, 0.05) is 18.2 Å². The molecule has 1 saturated heterocycles. The minimum absolute atomic E-state index is 0.0390. The number of hydrogen-bond donors (Lipinski definition) is 1. The second-order valence-electron chi connectivity index (χ2n) is 8.58. The Kier molecular flexibility index (Phi) is 6.98. The maximum absolute atomic E-state index is 13.4. The molecule has 1 aliphatic heterocycles. The fourth-order valence-electron chi connectivity index (χ4n) is 5.12. The first-order valence-corrected chi connectivity index (χ1v) is 11.6. The summed E-state index contributed by atoms with van der Waals surface area (Å²) in [6, 6.07) is 14.7. The summed E-state index contributed by atoms with van der Waals surface area (Å²) in [7, 11) is 1.60. The van der Waals surface area contributed by atoms with Crippen molar-refractivity contribution in [3.63, 3.8) is 0 Å². The highest BCUT2D eigenvalue weighted by Gasteiger charge is 2.47. The molecule has 1 aliphatic carbocycles. The van der Waals surface area contributed by atoms with Gasteiger partial charge in [0.05, 0.1) is 13.7 Å². The van der Waals surface area contributed by atoms with Crippen LogP contribution < -0.4 is 14.8 Å². The van der Waals surface area contributed by atoms with E-state index < -0.39 is 6.04 Å². The van der Waals surface area contributed by atoms with Crippen LogP contribution in [0.25, 0.3) is 0 Å². The van der Waals surface area contributed by atoms with Gasteiger partial charge in [-0.05, 0) is 61.9 Å². The number of hydrogen-bond acceptors (Lipinski definition) is 4. The number of likely N-dealkylation sites (tertiary alicyclic amines) is 1. The van der Waals surface area contributed by atoms with Crippen LogP contribution in [0.15, 0.2) is 48.5 Å². The van der Waals surface area contributed by atoms with Crippen molar-refractivity contribution >= 4 is 11.8 Å². The van der Waals surface area contributed by atoms with Crippen LogP contribution in [0.4, 0.5) is 0 Å². The lowest BCUT2D eigenvalue weighted by Crippen LogP contribution is -2.49. The molecule has 2 aromatic rings. The topological polar surface area (TPSA) is 67.9 Å². The average Bonchev–Trinajstić information content (AvgIpc) is 3.23. The van der Waals surface area contributed by atoms with E-state index in [0.29, 0.717) is 36.1 Å². The highest BCUT2D eigenvalue weighted by atomic mass is 16.5. The number of methoxy groups -OCH3 is 1. The van der Waals surface area contributed by atoms with Crippen molar-refractivity contribution in [2.75, 3.05) is 13.7 Å². The van der Waals surface area contributed by atoms with Crippen molar-refractivity contribution in [1.29, 1.82) is 0 Å². The number of ether oxygens (including phenoxy) is 2. The Balaban J connectivity index is 1.49. The van der Waals surface area contributed by atoms with Gasteiger partial charge in [-0.25, -0.2) is 0 Å². The third-order valence-electron chi connectivity index (χ3n) is 6.64. The maximum Gasteiger partial charge on any atom is 0.254 e. The quantitative estimate of drug-likeness (QED) is 0.707. The van der Waals surface area contributed by atoms with E-state index in [0.717, 1.165) is 31.2 Å². The Labute approximate surface area is 189 Å². The van der Waals surface area contributed by atoms with Gasteiger partial charge in [0.1, 0.15) is 6.04 Å². The predicted octanol–water partition coefficient (Wildman–Crippen LogP) is 4.18. The molecule has 6 heteroatoms. The van der Waals surface area contributed by atoms with E-state index >= 15 is 0 Å². The molecular formula is C26H32N2O4. The molecule has 2 aromatic carbocycles. The van der Waals surface area contributed by atoms with Crippen LogP contribution in [0.3, 0.4) is 0 Å². The third-order valence-corrected chi connectivity index (χ3v) is 6.64. The average molecular weight is 437 g/mol. The molecule has 3 unspecified atom stereocenters. The molecule has 2 aliphatic rings. The van der Waals surface area contributed by atoms with E-state index in [4.69, 9.17) is 9.47 Å². The first-order chi connectivity index (χ1) is 15.6. The van der Waals surface area contributed by atoms with Gasteiger partial charge in [-0.15, -0.1) is 0 Å². The monoisotopic (exact) mass is 436 g/mol. The van der Waals surface area contributed by atoms with E-state index in [1.807, 2.05) is 60.4 Å². The Morgan fingerprint density at radius 1 is 1.06 bits per heavy atom. The highest BCUT2D eigenvalue weighted by molar-refractivity contribution is 5.98. The molecule has 0 radical (unpaired) electrons.